The Morgan fingerprint density at radius 3 is 2.03 bits per heavy atom. The number of ether oxygens (including phenoxy) is 2. The average molecular weight is 395 g/mol. The van der Waals surface area contributed by atoms with Crippen molar-refractivity contribution in [3.05, 3.63) is 53.9 Å². The summed E-state index contributed by atoms with van der Waals surface area (Å²) in [6, 6.07) is 10.3. The van der Waals surface area contributed by atoms with Crippen molar-refractivity contribution in [3.8, 4) is 11.5 Å². The highest BCUT2D eigenvalue weighted by Crippen LogP contribution is 2.24. The summed E-state index contributed by atoms with van der Waals surface area (Å²) in [5.74, 6) is 0.929. The zero-order valence-electron chi connectivity index (χ0n) is 16.3. The Labute approximate surface area is 167 Å². The summed E-state index contributed by atoms with van der Waals surface area (Å²) in [6.07, 6.45) is 1.36. The summed E-state index contributed by atoms with van der Waals surface area (Å²) < 4.78 is 15.7. The van der Waals surface area contributed by atoms with Gasteiger partial charge in [0.25, 0.3) is 11.8 Å². The number of carbonyl (C=O) groups is 2. The molecule has 2 amide bonds. The van der Waals surface area contributed by atoms with Gasteiger partial charge in [-0.05, 0) is 30.3 Å². The van der Waals surface area contributed by atoms with Gasteiger partial charge >= 0.3 is 0 Å². The van der Waals surface area contributed by atoms with E-state index >= 15 is 0 Å². The van der Waals surface area contributed by atoms with Gasteiger partial charge in [0.1, 0.15) is 17.0 Å². The third-order valence-corrected chi connectivity index (χ3v) is 5.03. The second-order valence-electron chi connectivity index (χ2n) is 6.72. The quantitative estimate of drug-likeness (QED) is 0.675. The van der Waals surface area contributed by atoms with E-state index in [1.807, 2.05) is 0 Å². The summed E-state index contributed by atoms with van der Waals surface area (Å²) in [5, 5.41) is 0. The normalized spacial score (nSPS) is 14.1. The first-order valence-corrected chi connectivity index (χ1v) is 9.24. The van der Waals surface area contributed by atoms with Crippen LogP contribution in [-0.2, 0) is 0 Å². The number of hydrogen-bond donors (Lipinski definition) is 0. The van der Waals surface area contributed by atoms with Crippen LogP contribution >= 0.6 is 0 Å². The summed E-state index contributed by atoms with van der Waals surface area (Å²) in [5.41, 5.74) is 2.35. The number of methoxy groups -OCH3 is 2. The lowest BCUT2D eigenvalue weighted by molar-refractivity contribution is 0.0535. The minimum absolute atomic E-state index is 0.0787. The third kappa shape index (κ3) is 3.73. The van der Waals surface area contributed by atoms with Crippen molar-refractivity contribution in [1.82, 2.24) is 14.8 Å². The smallest absolute Gasteiger partial charge is 0.254 e. The van der Waals surface area contributed by atoms with E-state index in [0.29, 0.717) is 59.9 Å². The molecule has 1 aliphatic heterocycles. The summed E-state index contributed by atoms with van der Waals surface area (Å²) >= 11 is 0. The van der Waals surface area contributed by atoms with Gasteiger partial charge in [0, 0.05) is 43.4 Å². The lowest BCUT2D eigenvalue weighted by atomic mass is 10.1. The predicted octanol–water partition coefficient (Wildman–Crippen LogP) is 2.44. The molecule has 0 bridgehead atoms. The van der Waals surface area contributed by atoms with Crippen molar-refractivity contribution < 1.29 is 23.5 Å². The zero-order valence-corrected chi connectivity index (χ0v) is 16.3. The summed E-state index contributed by atoms with van der Waals surface area (Å²) in [6.45, 7) is 1.83. The van der Waals surface area contributed by atoms with E-state index in [9.17, 15) is 9.59 Å². The van der Waals surface area contributed by atoms with Crippen LogP contribution in [0, 0.1) is 0 Å². The number of oxazole rings is 1. The molecule has 0 spiro atoms. The van der Waals surface area contributed by atoms with E-state index in [0.717, 1.165) is 0 Å². The van der Waals surface area contributed by atoms with Gasteiger partial charge in [-0.3, -0.25) is 9.59 Å². The molecule has 150 valence electrons. The molecular weight excluding hydrogens is 374 g/mol. The number of piperazine rings is 1. The molecule has 1 aromatic heterocycles. The van der Waals surface area contributed by atoms with Crippen LogP contribution in [0.5, 0.6) is 11.5 Å². The van der Waals surface area contributed by atoms with Gasteiger partial charge in [-0.25, -0.2) is 4.98 Å². The topological polar surface area (TPSA) is 85.1 Å². The van der Waals surface area contributed by atoms with Crippen LogP contribution in [0.4, 0.5) is 0 Å². The lowest BCUT2D eigenvalue weighted by Gasteiger charge is -2.35. The van der Waals surface area contributed by atoms with Crippen LogP contribution in [0.3, 0.4) is 0 Å². The molecule has 0 unspecified atom stereocenters. The fourth-order valence-corrected chi connectivity index (χ4v) is 3.40. The van der Waals surface area contributed by atoms with E-state index < -0.39 is 0 Å². The molecule has 3 aromatic rings. The zero-order chi connectivity index (χ0) is 20.4. The Bertz CT molecular complexity index is 1030. The van der Waals surface area contributed by atoms with Crippen molar-refractivity contribution in [3.63, 3.8) is 0 Å². The molecule has 2 aromatic carbocycles. The number of amides is 2. The van der Waals surface area contributed by atoms with Crippen LogP contribution in [-0.4, -0.2) is 67.0 Å². The van der Waals surface area contributed by atoms with Crippen molar-refractivity contribution >= 4 is 22.9 Å². The van der Waals surface area contributed by atoms with E-state index in [2.05, 4.69) is 4.98 Å². The number of carbonyl (C=O) groups excluding carboxylic acids is 2. The second kappa shape index (κ2) is 7.83. The molecule has 8 nitrogen and oxygen atoms in total. The number of nitrogens with zero attached hydrogens (tertiary/aromatic N) is 3. The molecule has 2 heterocycles. The highest BCUT2D eigenvalue weighted by Gasteiger charge is 2.26. The Morgan fingerprint density at radius 1 is 0.862 bits per heavy atom. The standard InChI is InChI=1S/C21H21N3O5/c1-27-16-9-15(10-17(12-16)28-2)21(26)24-7-5-23(6-8-24)20(25)14-3-4-19-18(11-14)22-13-29-19/h3-4,9-13H,5-8H2,1-2H3. The van der Waals surface area contributed by atoms with Crippen molar-refractivity contribution in [2.45, 2.75) is 0 Å². The fraction of sp³-hybridized carbons (Fsp3) is 0.286. The molecule has 1 fully saturated rings. The molecule has 4 rings (SSSR count). The number of benzene rings is 2. The SMILES string of the molecule is COc1cc(OC)cc(C(=O)N2CCN(C(=O)c3ccc4ocnc4c3)CC2)c1. The summed E-state index contributed by atoms with van der Waals surface area (Å²) in [7, 11) is 3.09. The minimum Gasteiger partial charge on any atom is -0.497 e. The molecule has 29 heavy (non-hydrogen) atoms. The van der Waals surface area contributed by atoms with Gasteiger partial charge in [0.15, 0.2) is 12.0 Å². The first-order valence-electron chi connectivity index (χ1n) is 9.24. The maximum Gasteiger partial charge on any atom is 0.254 e. The maximum atomic E-state index is 12.9. The Morgan fingerprint density at radius 2 is 1.45 bits per heavy atom. The number of aromatic nitrogens is 1. The molecule has 0 N–H and O–H groups in total. The van der Waals surface area contributed by atoms with Gasteiger partial charge in [0.05, 0.1) is 14.2 Å². The Hall–Kier alpha value is -3.55. The average Bonchev–Trinajstić information content (AvgIpc) is 3.25. The fourth-order valence-electron chi connectivity index (χ4n) is 3.40. The van der Waals surface area contributed by atoms with Crippen molar-refractivity contribution in [2.24, 2.45) is 0 Å². The van der Waals surface area contributed by atoms with E-state index in [1.54, 1.807) is 60.4 Å². The second-order valence-corrected chi connectivity index (χ2v) is 6.72. The van der Waals surface area contributed by atoms with Crippen LogP contribution in [0.2, 0.25) is 0 Å². The highest BCUT2D eigenvalue weighted by molar-refractivity contribution is 5.98. The molecule has 8 heteroatoms. The van der Waals surface area contributed by atoms with E-state index in [1.165, 1.54) is 6.39 Å². The maximum absolute atomic E-state index is 12.9. The number of fused-ring (bicyclic) bond motifs is 1. The van der Waals surface area contributed by atoms with Crippen LogP contribution in [0.1, 0.15) is 20.7 Å². The largest absolute Gasteiger partial charge is 0.497 e. The van der Waals surface area contributed by atoms with E-state index in [-0.39, 0.29) is 11.8 Å². The molecule has 0 atom stereocenters. The number of rotatable bonds is 4. The van der Waals surface area contributed by atoms with Crippen molar-refractivity contribution in [2.75, 3.05) is 40.4 Å². The number of hydrogen-bond acceptors (Lipinski definition) is 6. The van der Waals surface area contributed by atoms with Gasteiger partial charge in [0.2, 0.25) is 0 Å². The molecule has 1 aliphatic rings. The Balaban J connectivity index is 1.43. The predicted molar refractivity (Wildman–Crippen MR) is 105 cm³/mol. The van der Waals surface area contributed by atoms with Crippen LogP contribution < -0.4 is 9.47 Å². The van der Waals surface area contributed by atoms with Crippen molar-refractivity contribution in [1.29, 1.82) is 0 Å². The van der Waals surface area contributed by atoms with Gasteiger partial charge in [-0.1, -0.05) is 0 Å². The lowest BCUT2D eigenvalue weighted by Crippen LogP contribution is -2.50. The molecular formula is C21H21N3O5. The molecule has 0 saturated carbocycles. The van der Waals surface area contributed by atoms with Gasteiger partial charge < -0.3 is 23.7 Å². The van der Waals surface area contributed by atoms with Crippen LogP contribution in [0.25, 0.3) is 11.1 Å². The minimum atomic E-state index is -0.113. The molecule has 0 radical (unpaired) electrons. The third-order valence-electron chi connectivity index (χ3n) is 5.03. The Kier molecular flexibility index (Phi) is 5.07. The first kappa shape index (κ1) is 18.8. The van der Waals surface area contributed by atoms with E-state index in [4.69, 9.17) is 13.9 Å². The highest BCUT2D eigenvalue weighted by atomic mass is 16.5. The van der Waals surface area contributed by atoms with Gasteiger partial charge in [-0.2, -0.15) is 0 Å². The van der Waals surface area contributed by atoms with Gasteiger partial charge in [-0.15, -0.1) is 0 Å². The first-order chi connectivity index (χ1) is 14.1. The molecule has 1 saturated heterocycles. The van der Waals surface area contributed by atoms with Crippen LogP contribution in [0.15, 0.2) is 47.2 Å². The monoisotopic (exact) mass is 395 g/mol. The summed E-state index contributed by atoms with van der Waals surface area (Å²) in [4.78, 5) is 33.3. The molecule has 0 aliphatic carbocycles.